The van der Waals surface area contributed by atoms with E-state index in [0.717, 1.165) is 18.4 Å². The quantitative estimate of drug-likeness (QED) is 0.882. The summed E-state index contributed by atoms with van der Waals surface area (Å²) in [6.45, 7) is 5.72. The van der Waals surface area contributed by atoms with Crippen LogP contribution in [-0.4, -0.2) is 11.5 Å². The highest BCUT2D eigenvalue weighted by Gasteiger charge is 2.38. The van der Waals surface area contributed by atoms with Gasteiger partial charge in [-0.25, -0.2) is 4.98 Å². The molecule has 2 aliphatic rings. The monoisotopic (exact) mass is 250 g/mol. The van der Waals surface area contributed by atoms with E-state index < -0.39 is 0 Å². The van der Waals surface area contributed by atoms with Gasteiger partial charge in [-0.1, -0.05) is 13.8 Å². The van der Waals surface area contributed by atoms with Crippen molar-refractivity contribution in [3.63, 3.8) is 0 Å². The zero-order valence-corrected chi connectivity index (χ0v) is 11.6. The SMILES string of the molecule is CCCNC1CCCc2nc(C3CC3C)sc21. The molecular formula is C14H22N2S. The second-order valence-electron chi connectivity index (χ2n) is 5.58. The van der Waals surface area contributed by atoms with Crippen LogP contribution >= 0.6 is 11.3 Å². The van der Waals surface area contributed by atoms with Crippen LogP contribution in [0, 0.1) is 5.92 Å². The molecule has 3 atom stereocenters. The van der Waals surface area contributed by atoms with E-state index in [1.54, 1.807) is 4.88 Å². The Morgan fingerprint density at radius 3 is 3.00 bits per heavy atom. The van der Waals surface area contributed by atoms with Crippen LogP contribution in [0.3, 0.4) is 0 Å². The minimum absolute atomic E-state index is 0.596. The van der Waals surface area contributed by atoms with E-state index in [0.29, 0.717) is 6.04 Å². The van der Waals surface area contributed by atoms with Gasteiger partial charge in [-0.2, -0.15) is 0 Å². The van der Waals surface area contributed by atoms with Crippen LogP contribution in [0.5, 0.6) is 0 Å². The average molecular weight is 250 g/mol. The van der Waals surface area contributed by atoms with Crippen molar-refractivity contribution >= 4 is 11.3 Å². The van der Waals surface area contributed by atoms with Crippen LogP contribution in [0.4, 0.5) is 0 Å². The molecule has 3 rings (SSSR count). The Bertz CT molecular complexity index is 399. The first-order valence-corrected chi connectivity index (χ1v) is 7.84. The molecule has 3 heteroatoms. The normalized spacial score (nSPS) is 31.3. The lowest BCUT2D eigenvalue weighted by atomic mass is 9.98. The third kappa shape index (κ3) is 2.27. The fourth-order valence-electron chi connectivity index (χ4n) is 2.78. The third-order valence-electron chi connectivity index (χ3n) is 4.03. The maximum atomic E-state index is 4.90. The Morgan fingerprint density at radius 2 is 2.29 bits per heavy atom. The highest BCUT2D eigenvalue weighted by Crippen LogP contribution is 2.50. The summed E-state index contributed by atoms with van der Waals surface area (Å²) < 4.78 is 0. The van der Waals surface area contributed by atoms with Gasteiger partial charge in [0.15, 0.2) is 0 Å². The van der Waals surface area contributed by atoms with Gasteiger partial charge >= 0.3 is 0 Å². The lowest BCUT2D eigenvalue weighted by Gasteiger charge is -2.22. The zero-order chi connectivity index (χ0) is 11.8. The first-order chi connectivity index (χ1) is 8.29. The number of aromatic nitrogens is 1. The predicted octanol–water partition coefficient (Wildman–Crippen LogP) is 3.64. The summed E-state index contributed by atoms with van der Waals surface area (Å²) in [6.07, 6.45) is 6.39. The molecule has 1 aromatic heterocycles. The summed E-state index contributed by atoms with van der Waals surface area (Å²) >= 11 is 1.99. The smallest absolute Gasteiger partial charge is 0.0965 e. The molecule has 17 heavy (non-hydrogen) atoms. The number of aryl methyl sites for hydroxylation is 1. The molecule has 0 aromatic carbocycles. The highest BCUT2D eigenvalue weighted by molar-refractivity contribution is 7.12. The number of thiazole rings is 1. The van der Waals surface area contributed by atoms with Crippen LogP contribution in [0.15, 0.2) is 0 Å². The maximum absolute atomic E-state index is 4.90. The molecule has 1 heterocycles. The van der Waals surface area contributed by atoms with Crippen LogP contribution < -0.4 is 5.32 Å². The predicted molar refractivity (Wildman–Crippen MR) is 72.6 cm³/mol. The lowest BCUT2D eigenvalue weighted by Crippen LogP contribution is -2.24. The van der Waals surface area contributed by atoms with Crippen molar-refractivity contribution in [2.24, 2.45) is 5.92 Å². The molecule has 1 aromatic rings. The van der Waals surface area contributed by atoms with E-state index in [4.69, 9.17) is 4.98 Å². The highest BCUT2D eigenvalue weighted by atomic mass is 32.1. The van der Waals surface area contributed by atoms with E-state index >= 15 is 0 Å². The van der Waals surface area contributed by atoms with Crippen LogP contribution in [-0.2, 0) is 6.42 Å². The summed E-state index contributed by atoms with van der Waals surface area (Å²) in [6, 6.07) is 0.596. The van der Waals surface area contributed by atoms with Crippen molar-refractivity contribution in [2.45, 2.75) is 57.9 Å². The Morgan fingerprint density at radius 1 is 1.47 bits per heavy atom. The summed E-state index contributed by atoms with van der Waals surface area (Å²) in [5.74, 6) is 1.67. The van der Waals surface area contributed by atoms with Crippen LogP contribution in [0.25, 0.3) is 0 Å². The molecule has 2 nitrogen and oxygen atoms in total. The van der Waals surface area contributed by atoms with Gasteiger partial charge in [-0.3, -0.25) is 0 Å². The number of rotatable bonds is 4. The Labute approximate surface area is 108 Å². The lowest BCUT2D eigenvalue weighted by molar-refractivity contribution is 0.464. The van der Waals surface area contributed by atoms with Gasteiger partial charge in [-0.05, 0) is 44.6 Å². The Balaban J connectivity index is 1.79. The van der Waals surface area contributed by atoms with Crippen LogP contribution in [0.1, 0.15) is 67.1 Å². The summed E-state index contributed by atoms with van der Waals surface area (Å²) in [5, 5.41) is 5.11. The van der Waals surface area contributed by atoms with Crippen molar-refractivity contribution in [1.29, 1.82) is 0 Å². The van der Waals surface area contributed by atoms with E-state index in [1.807, 2.05) is 11.3 Å². The van der Waals surface area contributed by atoms with E-state index in [9.17, 15) is 0 Å². The molecule has 0 saturated heterocycles. The number of hydrogen-bond donors (Lipinski definition) is 1. The van der Waals surface area contributed by atoms with Crippen molar-refractivity contribution in [3.8, 4) is 0 Å². The number of nitrogens with one attached hydrogen (secondary N) is 1. The first-order valence-electron chi connectivity index (χ1n) is 7.02. The topological polar surface area (TPSA) is 24.9 Å². The molecule has 2 aliphatic carbocycles. The molecule has 1 fully saturated rings. The Hall–Kier alpha value is -0.410. The minimum atomic E-state index is 0.596. The number of fused-ring (bicyclic) bond motifs is 1. The molecule has 1 saturated carbocycles. The Kier molecular flexibility index (Phi) is 3.22. The van der Waals surface area contributed by atoms with Gasteiger partial charge in [0, 0.05) is 16.8 Å². The molecule has 94 valence electrons. The average Bonchev–Trinajstić information content (AvgIpc) is 2.91. The third-order valence-corrected chi connectivity index (χ3v) is 5.38. The van der Waals surface area contributed by atoms with Gasteiger partial charge in [0.05, 0.1) is 10.7 Å². The van der Waals surface area contributed by atoms with E-state index in [1.165, 1.54) is 42.8 Å². The number of nitrogens with zero attached hydrogens (tertiary/aromatic N) is 1. The molecule has 0 spiro atoms. The van der Waals surface area contributed by atoms with E-state index in [-0.39, 0.29) is 0 Å². The van der Waals surface area contributed by atoms with Gasteiger partial charge in [0.2, 0.25) is 0 Å². The fraction of sp³-hybridized carbons (Fsp3) is 0.786. The fourth-order valence-corrected chi connectivity index (χ4v) is 4.25. The zero-order valence-electron chi connectivity index (χ0n) is 10.8. The summed E-state index contributed by atoms with van der Waals surface area (Å²) in [4.78, 5) is 6.45. The van der Waals surface area contributed by atoms with Crippen molar-refractivity contribution in [1.82, 2.24) is 10.3 Å². The molecular weight excluding hydrogens is 228 g/mol. The van der Waals surface area contributed by atoms with Crippen molar-refractivity contribution in [3.05, 3.63) is 15.6 Å². The summed E-state index contributed by atoms with van der Waals surface area (Å²) in [5.41, 5.74) is 1.41. The van der Waals surface area contributed by atoms with E-state index in [2.05, 4.69) is 19.2 Å². The molecule has 0 amide bonds. The number of hydrogen-bond acceptors (Lipinski definition) is 3. The maximum Gasteiger partial charge on any atom is 0.0965 e. The van der Waals surface area contributed by atoms with Gasteiger partial charge in [0.1, 0.15) is 0 Å². The standard InChI is InChI=1S/C14H22N2S/c1-3-7-15-11-5-4-6-12-13(11)17-14(16-12)10-8-9(10)2/h9-11,15H,3-8H2,1-2H3. The minimum Gasteiger partial charge on any atom is -0.309 e. The van der Waals surface area contributed by atoms with Gasteiger partial charge in [0.25, 0.3) is 0 Å². The molecule has 1 N–H and O–H groups in total. The van der Waals surface area contributed by atoms with Crippen molar-refractivity contribution in [2.75, 3.05) is 6.54 Å². The molecule has 3 unspecified atom stereocenters. The summed E-state index contributed by atoms with van der Waals surface area (Å²) in [7, 11) is 0. The van der Waals surface area contributed by atoms with Crippen molar-refractivity contribution < 1.29 is 0 Å². The van der Waals surface area contributed by atoms with Gasteiger partial charge < -0.3 is 5.32 Å². The second kappa shape index (κ2) is 4.69. The second-order valence-corrected chi connectivity index (χ2v) is 6.64. The largest absolute Gasteiger partial charge is 0.309 e. The molecule has 0 aliphatic heterocycles. The van der Waals surface area contributed by atoms with Gasteiger partial charge in [-0.15, -0.1) is 11.3 Å². The van der Waals surface area contributed by atoms with Crippen LogP contribution in [0.2, 0.25) is 0 Å². The first kappa shape index (κ1) is 11.7. The molecule has 0 bridgehead atoms. The molecule has 0 radical (unpaired) electrons.